The van der Waals surface area contributed by atoms with Crippen molar-refractivity contribution < 1.29 is 23.9 Å². The molecule has 0 amide bonds. The maximum absolute atomic E-state index is 12.5. The molecule has 1 fully saturated rings. The highest BCUT2D eigenvalue weighted by molar-refractivity contribution is 5.98. The van der Waals surface area contributed by atoms with Crippen molar-refractivity contribution in [2.24, 2.45) is 23.7 Å². The van der Waals surface area contributed by atoms with Gasteiger partial charge in [-0.1, -0.05) is 49.4 Å². The van der Waals surface area contributed by atoms with Crippen LogP contribution in [0.25, 0.3) is 0 Å². The molecular formula is C20H22O5. The van der Waals surface area contributed by atoms with Crippen LogP contribution in [0.1, 0.15) is 30.1 Å². The number of hydrogen-bond acceptors (Lipinski definition) is 5. The Balaban J connectivity index is 1.63. The van der Waals surface area contributed by atoms with Crippen LogP contribution in [0, 0.1) is 23.7 Å². The van der Waals surface area contributed by atoms with Crippen LogP contribution in [0.4, 0.5) is 0 Å². The molecule has 2 aliphatic carbocycles. The van der Waals surface area contributed by atoms with E-state index in [9.17, 15) is 14.4 Å². The first-order valence-electron chi connectivity index (χ1n) is 8.71. The quantitative estimate of drug-likeness (QED) is 0.433. The molecule has 5 nitrogen and oxygen atoms in total. The van der Waals surface area contributed by atoms with E-state index in [0.29, 0.717) is 12.2 Å². The van der Waals surface area contributed by atoms with Crippen LogP contribution >= 0.6 is 0 Å². The van der Waals surface area contributed by atoms with E-state index in [1.807, 2.05) is 25.1 Å². The number of carbonyl (C=O) groups excluding carboxylic acids is 3. The molecule has 3 rings (SSSR count). The van der Waals surface area contributed by atoms with E-state index < -0.39 is 17.8 Å². The molecule has 0 unspecified atom stereocenters. The maximum Gasteiger partial charge on any atom is 0.310 e. The highest BCUT2D eigenvalue weighted by Gasteiger charge is 2.53. The minimum absolute atomic E-state index is 0.0106. The van der Waals surface area contributed by atoms with E-state index >= 15 is 0 Å². The molecule has 0 aromatic heterocycles. The van der Waals surface area contributed by atoms with Crippen molar-refractivity contribution in [3.05, 3.63) is 48.0 Å². The predicted molar refractivity (Wildman–Crippen MR) is 90.7 cm³/mol. The average molecular weight is 342 g/mol. The fraction of sp³-hybridized carbons (Fsp3) is 0.450. The lowest BCUT2D eigenvalue weighted by atomic mass is 9.83. The summed E-state index contributed by atoms with van der Waals surface area (Å²) in [6.45, 7) is 1.97. The van der Waals surface area contributed by atoms with Crippen molar-refractivity contribution >= 4 is 17.7 Å². The number of carbonyl (C=O) groups is 3. The molecule has 2 bridgehead atoms. The largest absolute Gasteiger partial charge is 0.465 e. The van der Waals surface area contributed by atoms with Gasteiger partial charge in [-0.05, 0) is 24.7 Å². The number of rotatable bonds is 7. The van der Waals surface area contributed by atoms with Crippen LogP contribution in [0.5, 0.6) is 0 Å². The van der Waals surface area contributed by atoms with Crippen LogP contribution in [-0.4, -0.2) is 30.9 Å². The third-order valence-corrected chi connectivity index (χ3v) is 4.89. The molecule has 2 aliphatic rings. The Labute approximate surface area is 147 Å². The first-order valence-corrected chi connectivity index (χ1v) is 8.71. The number of ketones is 1. The Morgan fingerprint density at radius 3 is 2.16 bits per heavy atom. The highest BCUT2D eigenvalue weighted by Crippen LogP contribution is 2.49. The normalized spacial score (nSPS) is 26.4. The maximum atomic E-state index is 12.5. The lowest BCUT2D eigenvalue weighted by Gasteiger charge is -2.24. The van der Waals surface area contributed by atoms with Gasteiger partial charge in [0, 0.05) is 5.56 Å². The molecule has 1 aromatic rings. The molecule has 1 aromatic carbocycles. The monoisotopic (exact) mass is 342 g/mol. The zero-order valence-corrected chi connectivity index (χ0v) is 14.2. The summed E-state index contributed by atoms with van der Waals surface area (Å²) in [4.78, 5) is 37.0. The zero-order chi connectivity index (χ0) is 17.8. The molecule has 0 radical (unpaired) electrons. The molecule has 5 heteroatoms. The smallest absolute Gasteiger partial charge is 0.310 e. The molecule has 132 valence electrons. The molecule has 0 heterocycles. The number of hydrogen-bond donors (Lipinski definition) is 0. The van der Waals surface area contributed by atoms with E-state index in [1.54, 1.807) is 24.3 Å². The van der Waals surface area contributed by atoms with Gasteiger partial charge in [0.05, 0.1) is 18.4 Å². The number of allylic oxidation sites excluding steroid dienone is 2. The van der Waals surface area contributed by atoms with Gasteiger partial charge in [-0.2, -0.15) is 0 Å². The first-order chi connectivity index (χ1) is 12.1. The summed E-state index contributed by atoms with van der Waals surface area (Å²) in [5, 5.41) is 0. The van der Waals surface area contributed by atoms with Crippen LogP contribution in [0.15, 0.2) is 42.5 Å². The van der Waals surface area contributed by atoms with Gasteiger partial charge >= 0.3 is 11.9 Å². The van der Waals surface area contributed by atoms with E-state index in [2.05, 4.69) is 0 Å². The summed E-state index contributed by atoms with van der Waals surface area (Å²) in [5.41, 5.74) is 0.502. The van der Waals surface area contributed by atoms with Crippen LogP contribution in [0.2, 0.25) is 0 Å². The van der Waals surface area contributed by atoms with Crippen molar-refractivity contribution in [2.45, 2.75) is 19.8 Å². The van der Waals surface area contributed by atoms with Gasteiger partial charge in [-0.15, -0.1) is 0 Å². The Morgan fingerprint density at radius 1 is 0.960 bits per heavy atom. The second kappa shape index (κ2) is 7.64. The Kier molecular flexibility index (Phi) is 5.31. The fourth-order valence-corrected chi connectivity index (χ4v) is 3.70. The van der Waals surface area contributed by atoms with Crippen molar-refractivity contribution in [3.63, 3.8) is 0 Å². The zero-order valence-electron chi connectivity index (χ0n) is 14.2. The van der Waals surface area contributed by atoms with E-state index in [-0.39, 0.29) is 30.2 Å². The van der Waals surface area contributed by atoms with Crippen LogP contribution < -0.4 is 0 Å². The third-order valence-electron chi connectivity index (χ3n) is 4.89. The summed E-state index contributed by atoms with van der Waals surface area (Å²) in [6, 6.07) is 8.70. The fourth-order valence-electron chi connectivity index (χ4n) is 3.70. The second-order valence-corrected chi connectivity index (χ2v) is 6.56. The molecule has 0 aliphatic heterocycles. The van der Waals surface area contributed by atoms with Gasteiger partial charge < -0.3 is 9.47 Å². The molecule has 1 saturated carbocycles. The van der Waals surface area contributed by atoms with E-state index in [0.717, 1.165) is 12.8 Å². The lowest BCUT2D eigenvalue weighted by Crippen LogP contribution is -2.36. The molecule has 0 spiro atoms. The second-order valence-electron chi connectivity index (χ2n) is 6.56. The standard InChI is InChI=1S/C20H22O5/c1-2-10-24-19(22)17-14-8-9-15(11-14)18(17)20(23)25-12-16(21)13-6-4-3-5-7-13/h3-9,14-15,17-18H,2,10-12H2,1H3/t14-,15-,17+,18-/m0/s1. The first kappa shape index (κ1) is 17.4. The Hall–Kier alpha value is -2.43. The summed E-state index contributed by atoms with van der Waals surface area (Å²) >= 11 is 0. The Bertz CT molecular complexity index is 679. The summed E-state index contributed by atoms with van der Waals surface area (Å²) in [5.74, 6) is -2.11. The van der Waals surface area contributed by atoms with Gasteiger partial charge in [-0.25, -0.2) is 0 Å². The van der Waals surface area contributed by atoms with Crippen molar-refractivity contribution in [3.8, 4) is 0 Å². The van der Waals surface area contributed by atoms with E-state index in [4.69, 9.17) is 9.47 Å². The lowest BCUT2D eigenvalue weighted by molar-refractivity contribution is -0.160. The molecule has 0 saturated heterocycles. The van der Waals surface area contributed by atoms with E-state index in [1.165, 1.54) is 0 Å². The minimum Gasteiger partial charge on any atom is -0.465 e. The number of Topliss-reactive ketones (excluding diaryl/α,β-unsaturated/α-hetero) is 1. The number of esters is 2. The van der Waals surface area contributed by atoms with Gasteiger partial charge in [0.1, 0.15) is 0 Å². The summed E-state index contributed by atoms with van der Waals surface area (Å²) < 4.78 is 10.5. The number of ether oxygens (including phenoxy) is 2. The van der Waals surface area contributed by atoms with Crippen LogP contribution in [-0.2, 0) is 19.1 Å². The van der Waals surface area contributed by atoms with Crippen LogP contribution in [0.3, 0.4) is 0 Å². The third kappa shape index (κ3) is 3.65. The van der Waals surface area contributed by atoms with Gasteiger partial charge in [0.25, 0.3) is 0 Å². The van der Waals surface area contributed by atoms with Crippen molar-refractivity contribution in [1.82, 2.24) is 0 Å². The topological polar surface area (TPSA) is 69.7 Å². The molecular weight excluding hydrogens is 320 g/mol. The molecule has 25 heavy (non-hydrogen) atoms. The highest BCUT2D eigenvalue weighted by atomic mass is 16.5. The summed E-state index contributed by atoms with van der Waals surface area (Å²) in [7, 11) is 0. The number of fused-ring (bicyclic) bond motifs is 2. The average Bonchev–Trinajstić information content (AvgIpc) is 3.26. The Morgan fingerprint density at radius 2 is 1.56 bits per heavy atom. The minimum atomic E-state index is -0.553. The van der Waals surface area contributed by atoms with Crippen molar-refractivity contribution in [2.75, 3.05) is 13.2 Å². The SMILES string of the molecule is CCCOC(=O)[C@H]1[C@@H](C(=O)OCC(=O)c2ccccc2)[C@H]2C=C[C@H]1C2. The van der Waals surface area contributed by atoms with Gasteiger partial charge in [-0.3, -0.25) is 14.4 Å². The van der Waals surface area contributed by atoms with Gasteiger partial charge in [0.2, 0.25) is 0 Å². The molecule has 0 N–H and O–H groups in total. The summed E-state index contributed by atoms with van der Waals surface area (Å²) in [6.07, 6.45) is 5.46. The van der Waals surface area contributed by atoms with Gasteiger partial charge in [0.15, 0.2) is 12.4 Å². The predicted octanol–water partition coefficient (Wildman–Crippen LogP) is 2.80. The molecule has 4 atom stereocenters. The van der Waals surface area contributed by atoms with Crippen molar-refractivity contribution in [1.29, 1.82) is 0 Å². The number of benzene rings is 1.